The van der Waals surface area contributed by atoms with Gasteiger partial charge in [0, 0.05) is 12.8 Å². The van der Waals surface area contributed by atoms with Gasteiger partial charge in [-0.25, -0.2) is 0 Å². The Labute approximate surface area is 167 Å². The van der Waals surface area contributed by atoms with Crippen LogP contribution in [0.1, 0.15) is 51.9 Å². The fraction of sp³-hybridized carbons (Fsp3) is 0.591. The van der Waals surface area contributed by atoms with E-state index in [2.05, 4.69) is 0 Å². The summed E-state index contributed by atoms with van der Waals surface area (Å²) in [5.74, 6) is -0.785. The van der Waals surface area contributed by atoms with Crippen molar-refractivity contribution in [3.05, 3.63) is 48.6 Å². The van der Waals surface area contributed by atoms with E-state index in [1.165, 1.54) is 6.08 Å². The van der Waals surface area contributed by atoms with Gasteiger partial charge >= 0.3 is 5.97 Å². The van der Waals surface area contributed by atoms with Crippen molar-refractivity contribution in [1.29, 1.82) is 0 Å². The highest BCUT2D eigenvalue weighted by Crippen LogP contribution is 2.25. The number of carboxylic acids is 1. The fourth-order valence-electron chi connectivity index (χ4n) is 2.90. The zero-order valence-electron chi connectivity index (χ0n) is 16.6. The summed E-state index contributed by atoms with van der Waals surface area (Å²) >= 11 is 0. The van der Waals surface area contributed by atoms with Crippen molar-refractivity contribution < 1.29 is 30.0 Å². The van der Waals surface area contributed by atoms with Crippen molar-refractivity contribution in [2.45, 2.75) is 82.4 Å². The largest absolute Gasteiger partial charge is 0.481 e. The Hall–Kier alpha value is -1.73. The Balaban J connectivity index is 2.16. The van der Waals surface area contributed by atoms with Gasteiger partial charge in [0.2, 0.25) is 0 Å². The smallest absolute Gasteiger partial charge is 0.303 e. The van der Waals surface area contributed by atoms with Crippen LogP contribution in [0.3, 0.4) is 0 Å². The number of hydrogen-bond donors (Lipinski definition) is 4. The maximum atomic E-state index is 10.3. The molecule has 0 amide bonds. The molecule has 1 fully saturated rings. The lowest BCUT2D eigenvalue weighted by molar-refractivity contribution is -0.136. The van der Waals surface area contributed by atoms with Crippen molar-refractivity contribution >= 4 is 5.97 Å². The van der Waals surface area contributed by atoms with Gasteiger partial charge in [0.15, 0.2) is 0 Å². The maximum Gasteiger partial charge on any atom is 0.303 e. The molecule has 0 unspecified atom stereocenters. The first kappa shape index (κ1) is 24.3. The average Bonchev–Trinajstić information content (AvgIpc) is 3.04. The molecular formula is C22H34O6. The summed E-state index contributed by atoms with van der Waals surface area (Å²) < 4.78 is 5.61. The third-order valence-corrected chi connectivity index (χ3v) is 4.51. The molecule has 0 aliphatic carbocycles. The summed E-state index contributed by atoms with van der Waals surface area (Å²) in [6.07, 6.45) is 15.9. The minimum atomic E-state index is -0.837. The van der Waals surface area contributed by atoms with Gasteiger partial charge in [-0.1, -0.05) is 55.5 Å². The third-order valence-electron chi connectivity index (χ3n) is 4.51. The van der Waals surface area contributed by atoms with Crippen LogP contribution < -0.4 is 0 Å². The molecule has 1 rings (SSSR count). The standard InChI is InChI=1S/C22H34O6/c1-2-20-19(25)16-21(28-20)18(24)15-14-17(23)12-10-8-6-4-3-5-7-9-11-13-22(26)27/h3-4,7-10,14-15,17-21,23-25H,2,5-6,11-13,16H2,1H3,(H,26,27)/b4-3-,9-7-,10-8-,15-14+/t17-,18+,19+,20+,21-/m1/s1. The molecule has 28 heavy (non-hydrogen) atoms. The van der Waals surface area contributed by atoms with Crippen molar-refractivity contribution in [3.8, 4) is 0 Å². The molecule has 5 atom stereocenters. The number of rotatable bonds is 13. The summed E-state index contributed by atoms with van der Waals surface area (Å²) in [4.78, 5) is 10.3. The summed E-state index contributed by atoms with van der Waals surface area (Å²) in [5, 5.41) is 38.4. The maximum absolute atomic E-state index is 10.3. The zero-order valence-corrected chi connectivity index (χ0v) is 16.6. The van der Waals surface area contributed by atoms with Gasteiger partial charge in [0.1, 0.15) is 0 Å². The van der Waals surface area contributed by atoms with Crippen LogP contribution in [-0.2, 0) is 9.53 Å². The first-order chi connectivity index (χ1) is 13.4. The van der Waals surface area contributed by atoms with Crippen molar-refractivity contribution in [1.82, 2.24) is 0 Å². The topological polar surface area (TPSA) is 107 Å². The predicted octanol–water partition coefficient (Wildman–Crippen LogP) is 2.90. The van der Waals surface area contributed by atoms with Gasteiger partial charge in [-0.05, 0) is 32.1 Å². The highest BCUT2D eigenvalue weighted by molar-refractivity contribution is 5.66. The van der Waals surface area contributed by atoms with E-state index in [0.717, 1.165) is 12.8 Å². The highest BCUT2D eigenvalue weighted by atomic mass is 16.5. The number of carboxylic acid groups (broad SMARTS) is 1. The number of aliphatic carboxylic acids is 1. The Morgan fingerprint density at radius 3 is 2.32 bits per heavy atom. The number of aliphatic hydroxyl groups is 3. The average molecular weight is 395 g/mol. The summed E-state index contributed by atoms with van der Waals surface area (Å²) in [6, 6.07) is 0. The van der Waals surface area contributed by atoms with Gasteiger partial charge in [-0.2, -0.15) is 0 Å². The summed E-state index contributed by atoms with van der Waals surface area (Å²) in [7, 11) is 0. The molecular weight excluding hydrogens is 360 g/mol. The second-order valence-corrected chi connectivity index (χ2v) is 6.92. The Kier molecular flexibility index (Phi) is 12.4. The Bertz CT molecular complexity index is 551. The van der Waals surface area contributed by atoms with E-state index >= 15 is 0 Å². The van der Waals surface area contributed by atoms with E-state index in [1.807, 2.05) is 43.4 Å². The molecule has 0 radical (unpaired) electrons. The molecule has 0 aromatic carbocycles. The molecule has 1 aliphatic heterocycles. The monoisotopic (exact) mass is 394 g/mol. The number of ether oxygens (including phenoxy) is 1. The van der Waals surface area contributed by atoms with Crippen molar-refractivity contribution in [3.63, 3.8) is 0 Å². The van der Waals surface area contributed by atoms with Crippen molar-refractivity contribution in [2.24, 2.45) is 0 Å². The lowest BCUT2D eigenvalue weighted by atomic mass is 10.1. The second-order valence-electron chi connectivity index (χ2n) is 6.92. The molecule has 158 valence electrons. The number of hydrogen-bond acceptors (Lipinski definition) is 5. The van der Waals surface area contributed by atoms with E-state index in [9.17, 15) is 20.1 Å². The van der Waals surface area contributed by atoms with Gasteiger partial charge in [-0.15, -0.1) is 0 Å². The number of aliphatic hydroxyl groups excluding tert-OH is 3. The normalized spacial score (nSPS) is 25.5. The molecule has 6 heteroatoms. The molecule has 1 heterocycles. The van der Waals surface area contributed by atoms with Crippen LogP contribution in [0.5, 0.6) is 0 Å². The number of carbonyl (C=O) groups is 1. The van der Waals surface area contributed by atoms with Crippen molar-refractivity contribution in [2.75, 3.05) is 0 Å². The van der Waals surface area contributed by atoms with Gasteiger partial charge in [-0.3, -0.25) is 4.79 Å². The quantitative estimate of drug-likeness (QED) is 0.358. The van der Waals surface area contributed by atoms with E-state index in [1.54, 1.807) is 6.08 Å². The molecule has 1 saturated heterocycles. The van der Waals surface area contributed by atoms with Crippen LogP contribution in [0.25, 0.3) is 0 Å². The number of allylic oxidation sites excluding steroid dienone is 5. The summed E-state index contributed by atoms with van der Waals surface area (Å²) in [5.41, 5.74) is 0. The molecule has 0 bridgehead atoms. The van der Waals surface area contributed by atoms with Crippen LogP contribution >= 0.6 is 0 Å². The molecule has 4 N–H and O–H groups in total. The first-order valence-corrected chi connectivity index (χ1v) is 9.98. The minimum absolute atomic E-state index is 0.158. The Morgan fingerprint density at radius 2 is 1.71 bits per heavy atom. The molecule has 6 nitrogen and oxygen atoms in total. The molecule has 0 spiro atoms. The Morgan fingerprint density at radius 1 is 1.07 bits per heavy atom. The van der Waals surface area contributed by atoms with Crippen LogP contribution in [0.4, 0.5) is 0 Å². The van der Waals surface area contributed by atoms with Gasteiger partial charge in [0.25, 0.3) is 0 Å². The molecule has 1 aliphatic rings. The van der Waals surface area contributed by atoms with Gasteiger partial charge < -0.3 is 25.2 Å². The first-order valence-electron chi connectivity index (χ1n) is 9.98. The zero-order chi connectivity index (χ0) is 20.8. The van der Waals surface area contributed by atoms with E-state index in [4.69, 9.17) is 9.84 Å². The van der Waals surface area contributed by atoms with Crippen LogP contribution in [-0.4, -0.2) is 56.9 Å². The predicted molar refractivity (Wildman–Crippen MR) is 109 cm³/mol. The summed E-state index contributed by atoms with van der Waals surface area (Å²) in [6.45, 7) is 1.93. The molecule has 0 saturated carbocycles. The van der Waals surface area contributed by atoms with Crippen LogP contribution in [0.15, 0.2) is 48.6 Å². The second kappa shape index (κ2) is 14.3. The lowest BCUT2D eigenvalue weighted by Crippen LogP contribution is -2.24. The SMILES string of the molecule is CC[C@@H]1O[C@@H]([C@@H](O)/C=C/[C@H](O)C/C=C\C/C=C\C/C=C\CCC(=O)O)C[C@@H]1O. The third kappa shape index (κ3) is 10.6. The van der Waals surface area contributed by atoms with E-state index in [0.29, 0.717) is 25.7 Å². The van der Waals surface area contributed by atoms with E-state index in [-0.39, 0.29) is 12.5 Å². The lowest BCUT2D eigenvalue weighted by Gasteiger charge is -2.16. The molecule has 0 aromatic rings. The fourth-order valence-corrected chi connectivity index (χ4v) is 2.90. The van der Waals surface area contributed by atoms with Crippen LogP contribution in [0.2, 0.25) is 0 Å². The molecule has 0 aromatic heterocycles. The van der Waals surface area contributed by atoms with Crippen LogP contribution in [0, 0.1) is 0 Å². The minimum Gasteiger partial charge on any atom is -0.481 e. The highest BCUT2D eigenvalue weighted by Gasteiger charge is 2.35. The van der Waals surface area contributed by atoms with Gasteiger partial charge in [0.05, 0.1) is 30.5 Å². The van der Waals surface area contributed by atoms with E-state index < -0.39 is 30.4 Å².